The van der Waals surface area contributed by atoms with E-state index in [1.165, 1.54) is 0 Å². The first-order chi connectivity index (χ1) is 21.1. The van der Waals surface area contributed by atoms with Crippen molar-refractivity contribution in [2.24, 2.45) is 11.8 Å². The number of benzene rings is 4. The molecule has 0 spiro atoms. The van der Waals surface area contributed by atoms with Crippen molar-refractivity contribution in [2.45, 2.75) is 12.0 Å². The van der Waals surface area contributed by atoms with Gasteiger partial charge in [0.15, 0.2) is 23.0 Å². The first kappa shape index (κ1) is 26.8. The number of anilines is 1. The fourth-order valence-electron chi connectivity index (χ4n) is 6.45. The molecule has 0 aromatic heterocycles. The third kappa shape index (κ3) is 4.70. The molecule has 3 aliphatic rings. The number of hydrogen-bond donors (Lipinski definition) is 1. The molecule has 4 atom stereocenters. The van der Waals surface area contributed by atoms with E-state index >= 15 is 0 Å². The van der Waals surface area contributed by atoms with Crippen molar-refractivity contribution in [2.75, 3.05) is 40.0 Å². The summed E-state index contributed by atoms with van der Waals surface area (Å²) in [4.78, 5) is 13.5. The summed E-state index contributed by atoms with van der Waals surface area (Å²) in [7, 11) is 4.73. The molecule has 0 amide bonds. The van der Waals surface area contributed by atoms with Crippen LogP contribution in [0.15, 0.2) is 78.9 Å². The molecule has 4 aromatic rings. The largest absolute Gasteiger partial charge is 0.493 e. The Hall–Kier alpha value is -5.05. The maximum absolute atomic E-state index is 13.5. The molecule has 0 radical (unpaired) electrons. The predicted molar refractivity (Wildman–Crippen MR) is 158 cm³/mol. The molecule has 2 aliphatic heterocycles. The van der Waals surface area contributed by atoms with Gasteiger partial charge in [-0.2, -0.15) is 0 Å². The molecule has 0 saturated carbocycles. The number of para-hydroxylation sites is 1. The lowest BCUT2D eigenvalue weighted by atomic mass is 9.65. The van der Waals surface area contributed by atoms with Crippen LogP contribution in [0.5, 0.6) is 40.2 Å². The van der Waals surface area contributed by atoms with Gasteiger partial charge < -0.3 is 38.5 Å². The van der Waals surface area contributed by atoms with Gasteiger partial charge in [-0.1, -0.05) is 18.2 Å². The Morgan fingerprint density at radius 2 is 1.40 bits per heavy atom. The lowest BCUT2D eigenvalue weighted by molar-refractivity contribution is -0.141. The zero-order chi connectivity index (χ0) is 29.5. The van der Waals surface area contributed by atoms with E-state index in [0.29, 0.717) is 28.7 Å². The molecule has 220 valence electrons. The van der Waals surface area contributed by atoms with Crippen molar-refractivity contribution >= 4 is 11.7 Å². The van der Waals surface area contributed by atoms with Gasteiger partial charge >= 0.3 is 5.97 Å². The first-order valence-corrected chi connectivity index (χ1v) is 14.1. The molecule has 2 heterocycles. The monoisotopic (exact) mass is 581 g/mol. The van der Waals surface area contributed by atoms with Crippen LogP contribution in [0.4, 0.5) is 5.69 Å². The van der Waals surface area contributed by atoms with Crippen LogP contribution in [0.25, 0.3) is 0 Å². The smallest absolute Gasteiger partial charge is 0.310 e. The Labute approximate surface area is 249 Å². The Morgan fingerprint density at radius 1 is 0.744 bits per heavy atom. The Balaban J connectivity index is 1.30. The molecule has 1 aliphatic carbocycles. The number of ether oxygens (including phenoxy) is 7. The van der Waals surface area contributed by atoms with E-state index in [1.54, 1.807) is 21.3 Å². The van der Waals surface area contributed by atoms with Crippen molar-refractivity contribution < 1.29 is 38.0 Å². The summed E-state index contributed by atoms with van der Waals surface area (Å²) in [6.07, 6.45) is 0. The van der Waals surface area contributed by atoms with Gasteiger partial charge in [0.05, 0.1) is 39.9 Å². The summed E-state index contributed by atoms with van der Waals surface area (Å²) in [5.74, 6) is 3.10. The first-order valence-electron chi connectivity index (χ1n) is 14.1. The van der Waals surface area contributed by atoms with E-state index in [9.17, 15) is 4.79 Å². The summed E-state index contributed by atoms with van der Waals surface area (Å²) in [6.45, 7) is 0.425. The molecule has 9 heteroatoms. The number of nitrogens with one attached hydrogen (secondary N) is 1. The molecule has 7 rings (SSSR count). The molecule has 0 unspecified atom stereocenters. The number of fused-ring (bicyclic) bond motifs is 3. The number of hydrogen-bond acceptors (Lipinski definition) is 9. The average molecular weight is 582 g/mol. The Kier molecular flexibility index (Phi) is 6.85. The van der Waals surface area contributed by atoms with Gasteiger partial charge in [0.2, 0.25) is 12.5 Å². The fourth-order valence-corrected chi connectivity index (χ4v) is 6.45. The van der Waals surface area contributed by atoms with Crippen LogP contribution in [0, 0.1) is 11.8 Å². The van der Waals surface area contributed by atoms with Gasteiger partial charge in [0.1, 0.15) is 11.5 Å². The minimum Gasteiger partial charge on any atom is -0.493 e. The summed E-state index contributed by atoms with van der Waals surface area (Å²) >= 11 is 0. The predicted octanol–water partition coefficient (Wildman–Crippen LogP) is 6.32. The lowest BCUT2D eigenvalue weighted by Crippen LogP contribution is -2.37. The van der Waals surface area contributed by atoms with E-state index in [1.807, 2.05) is 78.9 Å². The van der Waals surface area contributed by atoms with Crippen molar-refractivity contribution in [3.05, 3.63) is 95.6 Å². The van der Waals surface area contributed by atoms with Crippen molar-refractivity contribution in [3.63, 3.8) is 0 Å². The van der Waals surface area contributed by atoms with E-state index < -0.39 is 5.92 Å². The highest BCUT2D eigenvalue weighted by Crippen LogP contribution is 2.56. The molecule has 1 saturated heterocycles. The standard InChI is InChI=1S/C34H31NO8/c1-37-28-13-19(14-29(38-2)33(28)39-3)30-23-15-26-27(42-18-41-26)16-24(23)32(25-17-40-34(36)31(25)30)35-20-9-11-22(12-10-20)43-21-7-5-4-6-8-21/h4-16,25,30-32,35H,17-18H2,1-3H3/t25-,30+,31-,32+/m0/s1. The molecular formula is C34H31NO8. The van der Waals surface area contributed by atoms with Crippen LogP contribution in [0.1, 0.15) is 28.7 Å². The Morgan fingerprint density at radius 3 is 2.05 bits per heavy atom. The fraction of sp³-hybridized carbons (Fsp3) is 0.265. The maximum atomic E-state index is 13.5. The van der Waals surface area contributed by atoms with Gasteiger partial charge in [-0.05, 0) is 77.4 Å². The minimum atomic E-state index is -0.464. The van der Waals surface area contributed by atoms with E-state index in [2.05, 4.69) is 5.32 Å². The second-order valence-corrected chi connectivity index (χ2v) is 10.7. The van der Waals surface area contributed by atoms with Gasteiger partial charge in [-0.3, -0.25) is 4.79 Å². The molecule has 1 fully saturated rings. The van der Waals surface area contributed by atoms with E-state index in [0.717, 1.165) is 33.9 Å². The summed E-state index contributed by atoms with van der Waals surface area (Å²) in [5, 5.41) is 3.69. The van der Waals surface area contributed by atoms with Crippen LogP contribution in [-0.4, -0.2) is 40.7 Å². The van der Waals surface area contributed by atoms with E-state index in [-0.39, 0.29) is 37.2 Å². The quantitative estimate of drug-likeness (QED) is 0.240. The van der Waals surface area contributed by atoms with Gasteiger partial charge in [-0.25, -0.2) is 0 Å². The van der Waals surface area contributed by atoms with Crippen molar-refractivity contribution in [3.8, 4) is 40.2 Å². The number of carbonyl (C=O) groups is 1. The maximum Gasteiger partial charge on any atom is 0.310 e. The average Bonchev–Trinajstić information content (AvgIpc) is 3.67. The number of cyclic esters (lactones) is 1. The van der Waals surface area contributed by atoms with Crippen LogP contribution < -0.4 is 33.7 Å². The zero-order valence-corrected chi connectivity index (χ0v) is 24.0. The number of esters is 1. The van der Waals surface area contributed by atoms with Crippen molar-refractivity contribution in [1.29, 1.82) is 0 Å². The molecule has 4 aromatic carbocycles. The normalized spacial score (nSPS) is 21.3. The lowest BCUT2D eigenvalue weighted by Gasteiger charge is -2.40. The summed E-state index contributed by atoms with van der Waals surface area (Å²) in [6, 6.07) is 25.0. The topological polar surface area (TPSA) is 93.7 Å². The summed E-state index contributed by atoms with van der Waals surface area (Å²) in [5.41, 5.74) is 3.69. The molecular weight excluding hydrogens is 550 g/mol. The highest BCUT2D eigenvalue weighted by atomic mass is 16.7. The second kappa shape index (κ2) is 11.0. The SMILES string of the molecule is COc1cc([C@@H]2c3cc4c(cc3[C@@H](Nc3ccc(Oc5ccccc5)cc3)[C@H]3COC(=O)[C@H]23)OCO4)cc(OC)c1OC. The molecule has 9 nitrogen and oxygen atoms in total. The van der Waals surface area contributed by atoms with Crippen molar-refractivity contribution in [1.82, 2.24) is 0 Å². The molecule has 43 heavy (non-hydrogen) atoms. The van der Waals surface area contributed by atoms with Gasteiger partial charge in [0, 0.05) is 17.5 Å². The third-order valence-corrected chi connectivity index (χ3v) is 8.39. The number of rotatable bonds is 8. The summed E-state index contributed by atoms with van der Waals surface area (Å²) < 4.78 is 40.2. The van der Waals surface area contributed by atoms with Crippen LogP contribution in [-0.2, 0) is 9.53 Å². The zero-order valence-electron chi connectivity index (χ0n) is 24.0. The molecule has 0 bridgehead atoms. The van der Waals surface area contributed by atoms with Gasteiger partial charge in [0.25, 0.3) is 0 Å². The number of carbonyl (C=O) groups excluding carboxylic acids is 1. The second-order valence-electron chi connectivity index (χ2n) is 10.7. The van der Waals surface area contributed by atoms with Crippen LogP contribution in [0.3, 0.4) is 0 Å². The third-order valence-electron chi connectivity index (χ3n) is 8.39. The number of methoxy groups -OCH3 is 3. The van der Waals surface area contributed by atoms with Gasteiger partial charge in [-0.15, -0.1) is 0 Å². The highest BCUT2D eigenvalue weighted by molar-refractivity contribution is 5.79. The van der Waals surface area contributed by atoms with E-state index in [4.69, 9.17) is 33.2 Å². The Bertz CT molecular complexity index is 1630. The minimum absolute atomic E-state index is 0.142. The van der Waals surface area contributed by atoms with Crippen LogP contribution in [0.2, 0.25) is 0 Å². The molecule has 1 N–H and O–H groups in total. The van der Waals surface area contributed by atoms with Crippen LogP contribution >= 0.6 is 0 Å². The highest BCUT2D eigenvalue weighted by Gasteiger charge is 2.52.